The summed E-state index contributed by atoms with van der Waals surface area (Å²) in [6, 6.07) is 6.80. The summed E-state index contributed by atoms with van der Waals surface area (Å²) in [6.07, 6.45) is 3.52. The fraction of sp³-hybridized carbons (Fsp3) is 0.600. The zero-order chi connectivity index (χ0) is 14.3. The Balaban J connectivity index is 2.68. The van der Waals surface area contributed by atoms with Crippen LogP contribution in [-0.2, 0) is 0 Å². The molecule has 1 aromatic heterocycles. The normalized spacial score (nSPS) is 13.6. The molecule has 0 saturated heterocycles. The van der Waals surface area contributed by atoms with Gasteiger partial charge in [0, 0.05) is 19.1 Å². The summed E-state index contributed by atoms with van der Waals surface area (Å²) in [6.45, 7) is 7.33. The molecule has 0 amide bonds. The SMILES string of the molecule is CCCNC(C)c1ccc(N(C)C(C)CC#N)cn1. The van der Waals surface area contributed by atoms with Gasteiger partial charge in [0.2, 0.25) is 0 Å². The Hall–Kier alpha value is -1.60. The summed E-state index contributed by atoms with van der Waals surface area (Å²) in [4.78, 5) is 6.60. The summed E-state index contributed by atoms with van der Waals surface area (Å²) in [5, 5.41) is 12.2. The zero-order valence-corrected chi connectivity index (χ0v) is 12.3. The lowest BCUT2D eigenvalue weighted by atomic mass is 10.2. The summed E-state index contributed by atoms with van der Waals surface area (Å²) in [5.41, 5.74) is 2.10. The quantitative estimate of drug-likeness (QED) is 0.819. The average molecular weight is 260 g/mol. The molecule has 1 heterocycles. The van der Waals surface area contributed by atoms with E-state index in [4.69, 9.17) is 5.26 Å². The number of hydrogen-bond acceptors (Lipinski definition) is 4. The highest BCUT2D eigenvalue weighted by atomic mass is 15.1. The van der Waals surface area contributed by atoms with Gasteiger partial charge in [0.15, 0.2) is 0 Å². The standard InChI is InChI=1S/C15H24N4/c1-5-10-17-13(3)15-7-6-14(11-18-15)19(4)12(2)8-9-16/h6-7,11-13,17H,5,8,10H2,1-4H3. The van der Waals surface area contributed by atoms with E-state index in [1.165, 1.54) is 0 Å². The first kappa shape index (κ1) is 15.5. The van der Waals surface area contributed by atoms with Gasteiger partial charge in [0.05, 0.1) is 30.1 Å². The highest BCUT2D eigenvalue weighted by Crippen LogP contribution is 2.18. The second-order valence-electron chi connectivity index (χ2n) is 4.94. The Morgan fingerprint density at radius 1 is 1.42 bits per heavy atom. The van der Waals surface area contributed by atoms with E-state index in [0.717, 1.165) is 24.3 Å². The maximum Gasteiger partial charge on any atom is 0.0643 e. The van der Waals surface area contributed by atoms with Crippen molar-refractivity contribution < 1.29 is 0 Å². The molecular weight excluding hydrogens is 236 g/mol. The summed E-state index contributed by atoms with van der Waals surface area (Å²) < 4.78 is 0. The molecule has 0 spiro atoms. The minimum atomic E-state index is 0.202. The predicted octanol–water partition coefficient (Wildman–Crippen LogP) is 2.88. The minimum absolute atomic E-state index is 0.202. The van der Waals surface area contributed by atoms with Gasteiger partial charge in [0.25, 0.3) is 0 Å². The maximum atomic E-state index is 8.73. The van der Waals surface area contributed by atoms with Crippen LogP contribution in [0.15, 0.2) is 18.3 Å². The lowest BCUT2D eigenvalue weighted by Crippen LogP contribution is -2.28. The second kappa shape index (κ2) is 7.75. The number of anilines is 1. The first-order valence-electron chi connectivity index (χ1n) is 6.89. The lowest BCUT2D eigenvalue weighted by molar-refractivity contribution is 0.558. The van der Waals surface area contributed by atoms with Crippen molar-refractivity contribution in [2.45, 2.75) is 45.7 Å². The summed E-state index contributed by atoms with van der Waals surface area (Å²) in [5.74, 6) is 0. The van der Waals surface area contributed by atoms with E-state index >= 15 is 0 Å². The van der Waals surface area contributed by atoms with Crippen LogP contribution in [0.1, 0.15) is 45.3 Å². The van der Waals surface area contributed by atoms with Crippen molar-refractivity contribution in [3.05, 3.63) is 24.0 Å². The first-order valence-corrected chi connectivity index (χ1v) is 6.89. The van der Waals surface area contributed by atoms with Gasteiger partial charge in [-0.15, -0.1) is 0 Å². The average Bonchev–Trinajstić information content (AvgIpc) is 2.44. The monoisotopic (exact) mass is 260 g/mol. The number of nitriles is 1. The first-order chi connectivity index (χ1) is 9.10. The molecular formula is C15H24N4. The van der Waals surface area contributed by atoms with Crippen LogP contribution in [0.25, 0.3) is 0 Å². The summed E-state index contributed by atoms with van der Waals surface area (Å²) >= 11 is 0. The third kappa shape index (κ3) is 4.53. The summed E-state index contributed by atoms with van der Waals surface area (Å²) in [7, 11) is 2.00. The van der Waals surface area contributed by atoms with Gasteiger partial charge in [-0.3, -0.25) is 4.98 Å². The third-order valence-corrected chi connectivity index (χ3v) is 3.37. The van der Waals surface area contributed by atoms with Crippen molar-refractivity contribution in [3.63, 3.8) is 0 Å². The Morgan fingerprint density at radius 3 is 2.68 bits per heavy atom. The molecule has 1 N–H and O–H groups in total. The lowest BCUT2D eigenvalue weighted by Gasteiger charge is -2.25. The molecule has 0 radical (unpaired) electrons. The Kier molecular flexibility index (Phi) is 6.31. The van der Waals surface area contributed by atoms with Crippen molar-refractivity contribution in [2.75, 3.05) is 18.5 Å². The van der Waals surface area contributed by atoms with Crippen LogP contribution < -0.4 is 10.2 Å². The van der Waals surface area contributed by atoms with Crippen LogP contribution in [-0.4, -0.2) is 24.6 Å². The van der Waals surface area contributed by atoms with E-state index in [-0.39, 0.29) is 12.1 Å². The van der Waals surface area contributed by atoms with Crippen LogP contribution in [0.4, 0.5) is 5.69 Å². The molecule has 0 aliphatic rings. The molecule has 1 rings (SSSR count). The fourth-order valence-electron chi connectivity index (χ4n) is 1.85. The van der Waals surface area contributed by atoms with E-state index in [0.29, 0.717) is 6.42 Å². The molecule has 0 aromatic carbocycles. The molecule has 0 saturated carbocycles. The van der Waals surface area contributed by atoms with Crippen molar-refractivity contribution in [2.24, 2.45) is 0 Å². The Labute approximate surface area is 116 Å². The molecule has 104 valence electrons. The zero-order valence-electron chi connectivity index (χ0n) is 12.3. The third-order valence-electron chi connectivity index (χ3n) is 3.37. The number of rotatable bonds is 7. The minimum Gasteiger partial charge on any atom is -0.370 e. The Morgan fingerprint density at radius 2 is 2.16 bits per heavy atom. The van der Waals surface area contributed by atoms with Gasteiger partial charge < -0.3 is 10.2 Å². The molecule has 0 bridgehead atoms. The predicted molar refractivity (Wildman–Crippen MR) is 79.0 cm³/mol. The van der Waals surface area contributed by atoms with Crippen molar-refractivity contribution in [3.8, 4) is 6.07 Å². The van der Waals surface area contributed by atoms with Crippen LogP contribution in [0, 0.1) is 11.3 Å². The number of hydrogen-bond donors (Lipinski definition) is 1. The van der Waals surface area contributed by atoms with Gasteiger partial charge in [-0.05, 0) is 38.9 Å². The van der Waals surface area contributed by atoms with E-state index in [1.807, 2.05) is 20.2 Å². The highest BCUT2D eigenvalue weighted by molar-refractivity contribution is 5.45. The molecule has 0 aliphatic heterocycles. The second-order valence-corrected chi connectivity index (χ2v) is 4.94. The fourth-order valence-corrected chi connectivity index (χ4v) is 1.85. The van der Waals surface area contributed by atoms with E-state index in [2.05, 4.69) is 47.3 Å². The maximum absolute atomic E-state index is 8.73. The smallest absolute Gasteiger partial charge is 0.0643 e. The molecule has 4 nitrogen and oxygen atoms in total. The van der Waals surface area contributed by atoms with Crippen molar-refractivity contribution in [1.29, 1.82) is 5.26 Å². The van der Waals surface area contributed by atoms with Gasteiger partial charge >= 0.3 is 0 Å². The van der Waals surface area contributed by atoms with Crippen LogP contribution in [0.2, 0.25) is 0 Å². The molecule has 2 atom stereocenters. The van der Waals surface area contributed by atoms with E-state index in [9.17, 15) is 0 Å². The van der Waals surface area contributed by atoms with Gasteiger partial charge in [-0.25, -0.2) is 0 Å². The van der Waals surface area contributed by atoms with Crippen LogP contribution in [0.3, 0.4) is 0 Å². The molecule has 0 fully saturated rings. The van der Waals surface area contributed by atoms with Crippen molar-refractivity contribution >= 4 is 5.69 Å². The Bertz CT molecular complexity index is 407. The van der Waals surface area contributed by atoms with Gasteiger partial charge in [-0.1, -0.05) is 6.92 Å². The topological polar surface area (TPSA) is 52.0 Å². The van der Waals surface area contributed by atoms with Gasteiger partial charge in [-0.2, -0.15) is 5.26 Å². The highest BCUT2D eigenvalue weighted by Gasteiger charge is 2.11. The molecule has 2 unspecified atom stereocenters. The molecule has 0 aliphatic carbocycles. The molecule has 1 aromatic rings. The van der Waals surface area contributed by atoms with Crippen LogP contribution >= 0.6 is 0 Å². The molecule has 4 heteroatoms. The van der Waals surface area contributed by atoms with Crippen LogP contribution in [0.5, 0.6) is 0 Å². The largest absolute Gasteiger partial charge is 0.370 e. The molecule has 19 heavy (non-hydrogen) atoms. The number of aromatic nitrogens is 1. The van der Waals surface area contributed by atoms with Gasteiger partial charge in [0.1, 0.15) is 0 Å². The number of nitrogens with one attached hydrogen (secondary N) is 1. The van der Waals surface area contributed by atoms with E-state index < -0.39 is 0 Å². The van der Waals surface area contributed by atoms with Crippen molar-refractivity contribution in [1.82, 2.24) is 10.3 Å². The number of nitrogens with zero attached hydrogens (tertiary/aromatic N) is 3. The van der Waals surface area contributed by atoms with E-state index in [1.54, 1.807) is 0 Å². The number of pyridine rings is 1.